The van der Waals surface area contributed by atoms with Gasteiger partial charge in [0.05, 0.1) is 40.6 Å². The fraction of sp³-hybridized carbons (Fsp3) is 0.421. The molecule has 0 radical (unpaired) electrons. The Morgan fingerprint density at radius 3 is 2.90 bits per heavy atom. The molecule has 1 aromatic carbocycles. The van der Waals surface area contributed by atoms with E-state index in [-0.39, 0.29) is 75.6 Å². The molecule has 0 aliphatic carbocycles. The van der Waals surface area contributed by atoms with Crippen molar-refractivity contribution in [2.24, 2.45) is 0 Å². The number of aromatic nitrogens is 1. The zero-order valence-electron chi connectivity index (χ0n) is 16.0. The normalized spacial score (nSPS) is 16.5. The van der Waals surface area contributed by atoms with Crippen molar-refractivity contribution in [2.75, 3.05) is 32.0 Å². The van der Waals surface area contributed by atoms with Crippen molar-refractivity contribution < 1.29 is 19.4 Å². The number of nitrogens with one attached hydrogen (secondary N) is 1. The van der Waals surface area contributed by atoms with E-state index in [1.165, 1.54) is 23.1 Å². The van der Waals surface area contributed by atoms with Gasteiger partial charge >= 0.3 is 57.4 Å². The van der Waals surface area contributed by atoms with Gasteiger partial charge < -0.3 is 15.2 Å². The van der Waals surface area contributed by atoms with Gasteiger partial charge in [0.2, 0.25) is 5.91 Å². The number of rotatable bonds is 9. The summed E-state index contributed by atoms with van der Waals surface area (Å²) in [6, 6.07) is 5.62. The Morgan fingerprint density at radius 1 is 1.35 bits per heavy atom. The summed E-state index contributed by atoms with van der Waals surface area (Å²) in [6.45, 7) is 3.28. The number of benzene rings is 1. The van der Waals surface area contributed by atoms with Crippen LogP contribution in [0.1, 0.15) is 11.3 Å². The average molecular weight is 531 g/mol. The van der Waals surface area contributed by atoms with E-state index in [4.69, 9.17) is 33.0 Å². The van der Waals surface area contributed by atoms with Gasteiger partial charge in [0.25, 0.3) is 0 Å². The first-order valence-electron chi connectivity index (χ1n) is 9.22. The molecule has 2 N–H and O–H groups in total. The molecule has 0 saturated carbocycles. The Balaban J connectivity index is 0.00000341. The van der Waals surface area contributed by atoms with E-state index < -0.39 is 5.97 Å². The van der Waals surface area contributed by atoms with Crippen LogP contribution in [0, 0.1) is 0 Å². The Labute approximate surface area is 241 Å². The van der Waals surface area contributed by atoms with Crippen LogP contribution in [0.5, 0.6) is 0 Å². The summed E-state index contributed by atoms with van der Waals surface area (Å²) in [7, 11) is 0. The summed E-state index contributed by atoms with van der Waals surface area (Å²) in [4.78, 5) is 29.3. The van der Waals surface area contributed by atoms with Gasteiger partial charge in [0, 0.05) is 31.6 Å². The third-order valence-electron chi connectivity index (χ3n) is 4.33. The second-order valence-corrected chi connectivity index (χ2v) is 9.64. The van der Waals surface area contributed by atoms with Crippen molar-refractivity contribution in [2.45, 2.75) is 23.4 Å². The summed E-state index contributed by atoms with van der Waals surface area (Å²) < 4.78 is 6.45. The van der Waals surface area contributed by atoms with Crippen LogP contribution < -0.4 is 5.32 Å². The first-order chi connectivity index (χ1) is 14.4. The van der Waals surface area contributed by atoms with Crippen molar-refractivity contribution in [1.82, 2.24) is 15.2 Å². The maximum absolute atomic E-state index is 12.1. The third kappa shape index (κ3) is 9.58. The Bertz CT molecular complexity index is 903. The number of nitrogens with zero attached hydrogens (tertiary/aromatic N) is 2. The molecule has 1 unspecified atom stereocenters. The minimum absolute atomic E-state index is 0. The molecule has 2 aromatic rings. The van der Waals surface area contributed by atoms with Gasteiger partial charge in [-0.3, -0.25) is 14.5 Å². The Kier molecular flexibility index (Phi) is 12.3. The van der Waals surface area contributed by atoms with Gasteiger partial charge in [-0.15, -0.1) is 11.3 Å². The van der Waals surface area contributed by atoms with Gasteiger partial charge in [0.15, 0.2) is 4.34 Å². The quantitative estimate of drug-likeness (QED) is 0.380. The molecule has 1 aliphatic heterocycles. The molecule has 1 saturated heterocycles. The van der Waals surface area contributed by atoms with Crippen molar-refractivity contribution in [3.8, 4) is 0 Å². The minimum atomic E-state index is -0.921. The van der Waals surface area contributed by atoms with Crippen molar-refractivity contribution >= 4 is 110 Å². The van der Waals surface area contributed by atoms with Gasteiger partial charge in [-0.1, -0.05) is 41.0 Å². The number of amides is 1. The zero-order chi connectivity index (χ0) is 21.5. The van der Waals surface area contributed by atoms with E-state index in [9.17, 15) is 9.59 Å². The Morgan fingerprint density at radius 2 is 2.16 bits per heavy atom. The van der Waals surface area contributed by atoms with Crippen molar-refractivity contribution in [3.05, 3.63) is 44.9 Å². The number of morpholine rings is 1. The molecule has 1 fully saturated rings. The van der Waals surface area contributed by atoms with E-state index in [1.54, 1.807) is 11.4 Å². The molecule has 31 heavy (non-hydrogen) atoms. The molecule has 1 atom stereocenters. The second-order valence-electron chi connectivity index (χ2n) is 6.74. The molecule has 0 spiro atoms. The summed E-state index contributed by atoms with van der Waals surface area (Å²) >= 11 is 14.7. The molecular weight excluding hydrogens is 508 g/mol. The number of ether oxygens (including phenoxy) is 1. The first kappa shape index (κ1) is 27.5. The van der Waals surface area contributed by atoms with Crippen LogP contribution in [0.4, 0.5) is 0 Å². The summed E-state index contributed by atoms with van der Waals surface area (Å²) in [6.07, 6.45) is -0.196. The number of hydrogen-bond donors (Lipinski definition) is 2. The van der Waals surface area contributed by atoms with Crippen LogP contribution in [0.15, 0.2) is 27.9 Å². The molecule has 1 aliphatic rings. The number of thiazole rings is 1. The molecular formula is C19H22Cl2KN3O4S2. The molecule has 7 nitrogen and oxygen atoms in total. The monoisotopic (exact) mass is 529 g/mol. The number of carboxylic acids is 1. The molecule has 3 rings (SSSR count). The van der Waals surface area contributed by atoms with E-state index in [2.05, 4.69) is 15.2 Å². The molecule has 0 bridgehead atoms. The third-order valence-corrected chi connectivity index (χ3v) is 7.14. The van der Waals surface area contributed by atoms with E-state index in [0.717, 1.165) is 18.7 Å². The Hall–Kier alpha value is 0.276. The zero-order valence-corrected chi connectivity index (χ0v) is 19.1. The van der Waals surface area contributed by atoms with Crippen LogP contribution in [-0.2, 0) is 27.3 Å². The fourth-order valence-corrected chi connectivity index (χ4v) is 4.94. The van der Waals surface area contributed by atoms with Crippen molar-refractivity contribution in [3.63, 3.8) is 0 Å². The predicted molar refractivity (Wildman–Crippen MR) is 126 cm³/mol. The summed E-state index contributed by atoms with van der Waals surface area (Å²) in [5, 5.41) is 14.5. The number of halogens is 2. The van der Waals surface area contributed by atoms with Gasteiger partial charge in [-0.2, -0.15) is 0 Å². The number of thioether (sulfide) groups is 1. The fourth-order valence-electron chi connectivity index (χ4n) is 2.94. The van der Waals surface area contributed by atoms with Crippen LogP contribution >= 0.6 is 46.3 Å². The summed E-state index contributed by atoms with van der Waals surface area (Å²) in [5.41, 5.74) is 1.59. The van der Waals surface area contributed by atoms with Gasteiger partial charge in [0.1, 0.15) is 0 Å². The van der Waals surface area contributed by atoms with Gasteiger partial charge in [-0.05, 0) is 17.7 Å². The molecule has 1 amide bonds. The van der Waals surface area contributed by atoms with Crippen molar-refractivity contribution in [1.29, 1.82) is 0 Å². The standard InChI is InChI=1S/C19H21Cl2N3O4S2.K.H/c20-15-2-1-12(5-16(15)21)8-24-3-4-28-14(9-24)7-22-17(25)11-30-19-23-13(10-29-19)6-18(26)27;;/h1-2,5,10,14H,3-4,6-9,11H2,(H,22,25)(H,26,27);;. The topological polar surface area (TPSA) is 91.8 Å². The van der Waals surface area contributed by atoms with Crippen LogP contribution in [0.3, 0.4) is 0 Å². The molecule has 164 valence electrons. The second kappa shape index (κ2) is 13.9. The molecule has 2 heterocycles. The van der Waals surface area contributed by atoms with Crippen LogP contribution in [0.2, 0.25) is 10.0 Å². The molecule has 1 aromatic heterocycles. The van der Waals surface area contributed by atoms with E-state index in [0.29, 0.717) is 39.8 Å². The number of aliphatic carboxylic acids is 1. The van der Waals surface area contributed by atoms with Gasteiger partial charge in [-0.25, -0.2) is 4.98 Å². The van der Waals surface area contributed by atoms with E-state index >= 15 is 0 Å². The number of carboxylic acid groups (broad SMARTS) is 1. The number of hydrogen-bond acceptors (Lipinski definition) is 7. The number of carbonyl (C=O) groups excluding carboxylic acids is 1. The van der Waals surface area contributed by atoms with E-state index in [1.807, 2.05) is 12.1 Å². The van der Waals surface area contributed by atoms with Crippen LogP contribution in [-0.4, -0.2) is 116 Å². The summed E-state index contributed by atoms with van der Waals surface area (Å²) in [5.74, 6) is -0.810. The van der Waals surface area contributed by atoms with Crippen LogP contribution in [0.25, 0.3) is 0 Å². The molecule has 12 heteroatoms. The first-order valence-corrected chi connectivity index (χ1v) is 11.8. The predicted octanol–water partition coefficient (Wildman–Crippen LogP) is 2.54. The number of carbonyl (C=O) groups is 2. The average Bonchev–Trinajstić information content (AvgIpc) is 3.14. The maximum atomic E-state index is 12.1. The SMILES string of the molecule is O=C(O)Cc1csc(SCC(=O)NCC2CN(Cc3ccc(Cl)c(Cl)c3)CCO2)n1.[KH].